The highest BCUT2D eigenvalue weighted by molar-refractivity contribution is 8.93. The Bertz CT molecular complexity index is 447. The maximum Gasteiger partial charge on any atom is 0.198 e. The molecular weight excluding hydrogens is 318 g/mol. The first-order valence-electron chi connectivity index (χ1n) is 5.46. The van der Waals surface area contributed by atoms with E-state index in [1.807, 2.05) is 29.2 Å². The van der Waals surface area contributed by atoms with Crippen LogP contribution in [-0.4, -0.2) is 36.3 Å². The number of hydrogen-bond acceptors (Lipinski definition) is 4. The van der Waals surface area contributed by atoms with Crippen molar-refractivity contribution in [2.45, 2.75) is 6.92 Å². The Balaban J connectivity index is 0.00000162. The average molecular weight is 333 g/mol. The molecule has 0 aromatic heterocycles. The van der Waals surface area contributed by atoms with Crippen molar-refractivity contribution in [1.29, 1.82) is 0 Å². The van der Waals surface area contributed by atoms with E-state index in [0.29, 0.717) is 11.6 Å². The maximum absolute atomic E-state index is 11.1. The molecule has 0 amide bonds. The van der Waals surface area contributed by atoms with Gasteiger partial charge in [-0.3, -0.25) is 9.79 Å². The molecule has 0 spiro atoms. The second-order valence-corrected chi connectivity index (χ2v) is 4.40. The van der Waals surface area contributed by atoms with Crippen LogP contribution in [0.4, 0.5) is 5.69 Å². The molecule has 0 saturated carbocycles. The van der Waals surface area contributed by atoms with E-state index in [2.05, 4.69) is 10.3 Å². The Hall–Kier alpha value is -1.07. The van der Waals surface area contributed by atoms with Gasteiger partial charge in [-0.15, -0.1) is 17.0 Å². The third-order valence-corrected chi connectivity index (χ3v) is 2.70. The molecule has 0 unspecified atom stereocenters. The number of guanidine groups is 1. The Morgan fingerprint density at radius 1 is 1.44 bits per heavy atom. The molecule has 1 aliphatic heterocycles. The number of rotatable bonds is 3. The van der Waals surface area contributed by atoms with E-state index in [-0.39, 0.29) is 22.8 Å². The van der Waals surface area contributed by atoms with E-state index in [1.165, 1.54) is 0 Å². The van der Waals surface area contributed by atoms with Gasteiger partial charge in [0, 0.05) is 17.3 Å². The lowest BCUT2D eigenvalue weighted by Crippen LogP contribution is -2.36. The molecule has 0 radical (unpaired) electrons. The smallest absolute Gasteiger partial charge is 0.198 e. The minimum absolute atomic E-state index is 0. The summed E-state index contributed by atoms with van der Waals surface area (Å²) in [6, 6.07) is 7.40. The first-order chi connectivity index (χ1) is 8.15. The molecule has 1 aliphatic rings. The summed E-state index contributed by atoms with van der Waals surface area (Å²) in [5.41, 5.74) is 0.920. The van der Waals surface area contributed by atoms with Gasteiger partial charge in [-0.1, -0.05) is 11.6 Å². The van der Waals surface area contributed by atoms with Gasteiger partial charge in [0.25, 0.3) is 0 Å². The third kappa shape index (κ3) is 3.99. The summed E-state index contributed by atoms with van der Waals surface area (Å²) in [6.45, 7) is 3.50. The molecule has 0 fully saturated rings. The maximum atomic E-state index is 11.1. The van der Waals surface area contributed by atoms with Crippen LogP contribution in [0.2, 0.25) is 5.02 Å². The Morgan fingerprint density at radius 2 is 2.11 bits per heavy atom. The fourth-order valence-electron chi connectivity index (χ4n) is 1.69. The van der Waals surface area contributed by atoms with Gasteiger partial charge in [0.05, 0.1) is 13.1 Å². The van der Waals surface area contributed by atoms with E-state index in [9.17, 15) is 4.79 Å². The second-order valence-electron chi connectivity index (χ2n) is 3.96. The summed E-state index contributed by atoms with van der Waals surface area (Å²) in [4.78, 5) is 17.4. The van der Waals surface area contributed by atoms with Gasteiger partial charge in [-0.05, 0) is 31.2 Å². The largest absolute Gasteiger partial charge is 0.334 e. The van der Waals surface area contributed by atoms with E-state index in [1.54, 1.807) is 6.92 Å². The highest BCUT2D eigenvalue weighted by atomic mass is 79.9. The lowest BCUT2D eigenvalue weighted by Gasteiger charge is -2.19. The van der Waals surface area contributed by atoms with E-state index >= 15 is 0 Å². The van der Waals surface area contributed by atoms with Crippen LogP contribution in [0.1, 0.15) is 6.92 Å². The SMILES string of the molecule is Br.CC(=O)CN1CCN=C1Nc1ccc(Cl)cc1. The zero-order valence-corrected chi connectivity index (χ0v) is 12.5. The highest BCUT2D eigenvalue weighted by Gasteiger charge is 2.17. The van der Waals surface area contributed by atoms with Crippen molar-refractivity contribution in [3.05, 3.63) is 29.3 Å². The van der Waals surface area contributed by atoms with Gasteiger partial charge in [-0.2, -0.15) is 0 Å². The van der Waals surface area contributed by atoms with Crippen LogP contribution < -0.4 is 5.32 Å². The predicted molar refractivity (Wildman–Crippen MR) is 80.0 cm³/mol. The molecule has 1 aromatic rings. The minimum atomic E-state index is 0. The number of hydrogen-bond donors (Lipinski definition) is 1. The highest BCUT2D eigenvalue weighted by Crippen LogP contribution is 2.14. The van der Waals surface area contributed by atoms with Crippen LogP contribution >= 0.6 is 28.6 Å². The van der Waals surface area contributed by atoms with Crippen molar-refractivity contribution in [3.8, 4) is 0 Å². The topological polar surface area (TPSA) is 44.7 Å². The van der Waals surface area contributed by atoms with Gasteiger partial charge in [0.15, 0.2) is 5.96 Å². The average Bonchev–Trinajstić information content (AvgIpc) is 2.68. The van der Waals surface area contributed by atoms with Crippen molar-refractivity contribution in [2.75, 3.05) is 25.0 Å². The fourth-order valence-corrected chi connectivity index (χ4v) is 1.81. The number of anilines is 1. The molecule has 4 nitrogen and oxygen atoms in total. The molecule has 1 aromatic carbocycles. The van der Waals surface area contributed by atoms with Crippen LogP contribution in [0.5, 0.6) is 0 Å². The predicted octanol–water partition coefficient (Wildman–Crippen LogP) is 2.59. The summed E-state index contributed by atoms with van der Waals surface area (Å²) < 4.78 is 0. The molecule has 18 heavy (non-hydrogen) atoms. The van der Waals surface area contributed by atoms with Crippen molar-refractivity contribution < 1.29 is 4.79 Å². The normalized spacial score (nSPS) is 13.9. The quantitative estimate of drug-likeness (QED) is 0.925. The number of carbonyl (C=O) groups excluding carboxylic acids is 1. The summed E-state index contributed by atoms with van der Waals surface area (Å²) in [6.07, 6.45) is 0. The lowest BCUT2D eigenvalue weighted by molar-refractivity contribution is -0.117. The monoisotopic (exact) mass is 331 g/mol. The zero-order chi connectivity index (χ0) is 12.3. The number of nitrogens with one attached hydrogen (secondary N) is 1. The number of halogens is 2. The van der Waals surface area contributed by atoms with E-state index < -0.39 is 0 Å². The molecule has 1 N–H and O–H groups in total. The van der Waals surface area contributed by atoms with Crippen LogP contribution in [-0.2, 0) is 4.79 Å². The van der Waals surface area contributed by atoms with Gasteiger partial charge >= 0.3 is 0 Å². The van der Waals surface area contributed by atoms with Crippen LogP contribution in [0.3, 0.4) is 0 Å². The first kappa shape index (κ1) is 15.0. The lowest BCUT2D eigenvalue weighted by atomic mass is 10.3. The summed E-state index contributed by atoms with van der Waals surface area (Å²) in [5.74, 6) is 0.889. The Kier molecular flexibility index (Phi) is 5.62. The Morgan fingerprint density at radius 3 is 2.72 bits per heavy atom. The number of Topliss-reactive ketones (excluding diaryl/α,β-unsaturated/α-hetero) is 1. The summed E-state index contributed by atoms with van der Waals surface area (Å²) in [7, 11) is 0. The third-order valence-electron chi connectivity index (χ3n) is 2.44. The van der Waals surface area contributed by atoms with E-state index in [0.717, 1.165) is 24.7 Å². The van der Waals surface area contributed by atoms with Gasteiger partial charge in [-0.25, -0.2) is 0 Å². The van der Waals surface area contributed by atoms with Crippen molar-refractivity contribution in [2.24, 2.45) is 4.99 Å². The summed E-state index contributed by atoms with van der Waals surface area (Å²) >= 11 is 5.81. The number of carbonyl (C=O) groups is 1. The molecule has 0 bridgehead atoms. The van der Waals surface area contributed by atoms with Gasteiger partial charge in [0.1, 0.15) is 5.78 Å². The van der Waals surface area contributed by atoms with Crippen LogP contribution in [0.25, 0.3) is 0 Å². The second kappa shape index (κ2) is 6.75. The number of aliphatic imine (C=N–C) groups is 1. The van der Waals surface area contributed by atoms with Crippen molar-refractivity contribution in [3.63, 3.8) is 0 Å². The molecular formula is C12H15BrClN3O. The number of benzene rings is 1. The molecule has 0 saturated heterocycles. The molecule has 0 atom stereocenters. The number of ketones is 1. The van der Waals surface area contributed by atoms with Crippen molar-refractivity contribution >= 4 is 46.0 Å². The van der Waals surface area contributed by atoms with Crippen LogP contribution in [0, 0.1) is 0 Å². The molecule has 0 aliphatic carbocycles. The first-order valence-corrected chi connectivity index (χ1v) is 5.84. The fraction of sp³-hybridized carbons (Fsp3) is 0.333. The molecule has 2 rings (SSSR count). The number of nitrogens with zero attached hydrogens (tertiary/aromatic N) is 2. The van der Waals surface area contributed by atoms with E-state index in [4.69, 9.17) is 11.6 Å². The minimum Gasteiger partial charge on any atom is -0.334 e. The van der Waals surface area contributed by atoms with Crippen LogP contribution in [0.15, 0.2) is 29.3 Å². The van der Waals surface area contributed by atoms with Gasteiger partial charge < -0.3 is 10.2 Å². The standard InChI is InChI=1S/C12H14ClN3O.BrH/c1-9(17)8-16-7-6-14-12(16)15-11-4-2-10(13)3-5-11;/h2-5H,6-8H2,1H3,(H,14,15);1H. The zero-order valence-electron chi connectivity index (χ0n) is 10.0. The molecule has 1 heterocycles. The molecule has 98 valence electrons. The van der Waals surface area contributed by atoms with Gasteiger partial charge in [0.2, 0.25) is 0 Å². The Labute approximate surface area is 122 Å². The van der Waals surface area contributed by atoms with Crippen molar-refractivity contribution in [1.82, 2.24) is 4.90 Å². The molecule has 6 heteroatoms. The summed E-state index contributed by atoms with van der Waals surface area (Å²) in [5, 5.41) is 3.89.